The molecule has 1 atom stereocenters. The number of aromatic nitrogens is 1. The highest BCUT2D eigenvalue weighted by molar-refractivity contribution is 7.91. The average Bonchev–Trinajstić information content (AvgIpc) is 2.14. The van der Waals surface area contributed by atoms with Crippen LogP contribution >= 0.6 is 0 Å². The summed E-state index contributed by atoms with van der Waals surface area (Å²) in [6.45, 7) is 5.40. The van der Waals surface area contributed by atoms with E-state index in [-0.39, 0.29) is 5.69 Å². The molecule has 0 aliphatic carbocycles. The fourth-order valence-corrected chi connectivity index (χ4v) is 1.26. The lowest BCUT2D eigenvalue weighted by molar-refractivity contribution is 0.561. The van der Waals surface area contributed by atoms with Crippen LogP contribution < -0.4 is 0 Å². The lowest BCUT2D eigenvalue weighted by Gasteiger charge is -2.17. The Kier molecular flexibility index (Phi) is 3.82. The minimum atomic E-state index is -1.38. The number of rotatable bonds is 2. The van der Waals surface area contributed by atoms with Crippen LogP contribution in [0.2, 0.25) is 0 Å². The largest absolute Gasteiger partial charge is 0.591 e. The summed E-state index contributed by atoms with van der Waals surface area (Å²) >= 11 is -1.38. The summed E-state index contributed by atoms with van der Waals surface area (Å²) < 4.78 is 27.9. The molecular formula is C10H13FN2OS. The molecule has 0 spiro atoms. The predicted molar refractivity (Wildman–Crippen MR) is 59.7 cm³/mol. The second kappa shape index (κ2) is 4.72. The maximum Gasteiger partial charge on any atom is 0.150 e. The molecular weight excluding hydrogens is 215 g/mol. The molecule has 5 heteroatoms. The van der Waals surface area contributed by atoms with E-state index in [1.807, 2.05) is 0 Å². The summed E-state index contributed by atoms with van der Waals surface area (Å²) in [4.78, 5) is 3.77. The molecule has 0 unspecified atom stereocenters. The number of hydrogen-bond donors (Lipinski definition) is 0. The molecule has 1 heterocycles. The van der Waals surface area contributed by atoms with Crippen LogP contribution in [-0.4, -0.2) is 20.5 Å². The van der Waals surface area contributed by atoms with Crippen LogP contribution in [-0.2, 0) is 11.4 Å². The molecule has 1 aromatic rings. The van der Waals surface area contributed by atoms with Gasteiger partial charge in [0.2, 0.25) is 0 Å². The maximum atomic E-state index is 13.1. The SMILES string of the molecule is CC(C)(C)[S@+]([O-])N=Cc1ncccc1F. The molecule has 0 saturated carbocycles. The van der Waals surface area contributed by atoms with Crippen molar-refractivity contribution < 1.29 is 8.94 Å². The van der Waals surface area contributed by atoms with Crippen LogP contribution in [0.3, 0.4) is 0 Å². The Hall–Kier alpha value is -0.940. The van der Waals surface area contributed by atoms with Crippen LogP contribution in [0.1, 0.15) is 26.5 Å². The zero-order valence-electron chi connectivity index (χ0n) is 8.90. The third-order valence-electron chi connectivity index (χ3n) is 1.58. The fraction of sp³-hybridized carbons (Fsp3) is 0.400. The van der Waals surface area contributed by atoms with E-state index >= 15 is 0 Å². The van der Waals surface area contributed by atoms with Gasteiger partial charge in [-0.1, -0.05) is 4.40 Å². The van der Waals surface area contributed by atoms with Crippen molar-refractivity contribution in [2.24, 2.45) is 4.40 Å². The van der Waals surface area contributed by atoms with Crippen LogP contribution in [0.15, 0.2) is 22.7 Å². The van der Waals surface area contributed by atoms with Crippen molar-refractivity contribution in [2.45, 2.75) is 25.5 Å². The first-order valence-electron chi connectivity index (χ1n) is 4.48. The summed E-state index contributed by atoms with van der Waals surface area (Å²) in [6.07, 6.45) is 2.67. The molecule has 0 amide bonds. The molecule has 1 aromatic heterocycles. The Bertz CT molecular complexity index is 363. The standard InChI is InChI=1S/C10H13FN2OS/c1-10(2,3)15(14)13-7-9-8(11)5-4-6-12-9/h4-7H,1-3H3/t15-/m0/s1. The molecule has 0 fully saturated rings. The van der Waals surface area contributed by atoms with Crippen molar-refractivity contribution in [1.29, 1.82) is 0 Å². The van der Waals surface area contributed by atoms with E-state index in [9.17, 15) is 8.94 Å². The predicted octanol–water partition coefficient (Wildman–Crippen LogP) is 2.10. The van der Waals surface area contributed by atoms with E-state index in [1.165, 1.54) is 24.5 Å². The molecule has 0 aromatic carbocycles. The topological polar surface area (TPSA) is 48.3 Å². The van der Waals surface area contributed by atoms with Crippen LogP contribution in [0, 0.1) is 5.82 Å². The lowest BCUT2D eigenvalue weighted by atomic mass is 10.3. The van der Waals surface area contributed by atoms with Gasteiger partial charge in [0.15, 0.2) is 5.82 Å². The Morgan fingerprint density at radius 3 is 2.73 bits per heavy atom. The first-order chi connectivity index (χ1) is 6.91. The van der Waals surface area contributed by atoms with E-state index in [0.29, 0.717) is 0 Å². The third kappa shape index (κ3) is 3.60. The fourth-order valence-electron chi connectivity index (χ4n) is 0.749. The summed E-state index contributed by atoms with van der Waals surface area (Å²) in [5.74, 6) is -0.466. The summed E-state index contributed by atoms with van der Waals surface area (Å²) in [7, 11) is 0. The quantitative estimate of drug-likeness (QED) is 0.575. The summed E-state index contributed by atoms with van der Waals surface area (Å²) in [5, 5.41) is 0. The molecule has 1 rings (SSSR count). The number of hydrogen-bond acceptors (Lipinski definition) is 3. The molecule has 0 bridgehead atoms. The molecule has 0 aliphatic rings. The van der Waals surface area contributed by atoms with Crippen molar-refractivity contribution in [2.75, 3.05) is 0 Å². The van der Waals surface area contributed by atoms with Crippen LogP contribution in [0.5, 0.6) is 0 Å². The first kappa shape index (κ1) is 12.1. The average molecular weight is 228 g/mol. The van der Waals surface area contributed by atoms with Crippen LogP contribution in [0.4, 0.5) is 4.39 Å². The van der Waals surface area contributed by atoms with Crippen molar-refractivity contribution in [3.05, 3.63) is 29.8 Å². The summed E-state index contributed by atoms with van der Waals surface area (Å²) in [5.41, 5.74) is 0.107. The molecule has 0 N–H and O–H groups in total. The van der Waals surface area contributed by atoms with Gasteiger partial charge in [-0.25, -0.2) is 4.39 Å². The Morgan fingerprint density at radius 1 is 1.53 bits per heavy atom. The van der Waals surface area contributed by atoms with Crippen LogP contribution in [0.25, 0.3) is 0 Å². The first-order valence-corrected chi connectivity index (χ1v) is 5.58. The zero-order chi connectivity index (χ0) is 11.5. The summed E-state index contributed by atoms with van der Waals surface area (Å²) in [6, 6.07) is 2.78. The highest BCUT2D eigenvalue weighted by atomic mass is 32.2. The van der Waals surface area contributed by atoms with Gasteiger partial charge in [-0.15, -0.1) is 0 Å². The van der Waals surface area contributed by atoms with Crippen molar-refractivity contribution in [1.82, 2.24) is 4.98 Å². The second-order valence-electron chi connectivity index (χ2n) is 3.97. The minimum absolute atomic E-state index is 0.107. The van der Waals surface area contributed by atoms with E-state index in [1.54, 1.807) is 20.8 Å². The normalized spacial score (nSPS) is 14.5. The van der Waals surface area contributed by atoms with Gasteiger partial charge < -0.3 is 4.55 Å². The highest BCUT2D eigenvalue weighted by Crippen LogP contribution is 2.16. The van der Waals surface area contributed by atoms with Gasteiger partial charge in [0.25, 0.3) is 0 Å². The smallest absolute Gasteiger partial charge is 0.150 e. The number of pyridine rings is 1. The van der Waals surface area contributed by atoms with Gasteiger partial charge in [0.05, 0.1) is 0 Å². The molecule has 15 heavy (non-hydrogen) atoms. The molecule has 0 saturated heterocycles. The molecule has 0 aliphatic heterocycles. The van der Waals surface area contributed by atoms with Gasteiger partial charge in [-0.2, -0.15) is 0 Å². The van der Waals surface area contributed by atoms with Gasteiger partial charge >= 0.3 is 0 Å². The monoisotopic (exact) mass is 228 g/mol. The minimum Gasteiger partial charge on any atom is -0.591 e. The van der Waals surface area contributed by atoms with E-state index in [4.69, 9.17) is 0 Å². The van der Waals surface area contributed by atoms with Gasteiger partial charge in [0.1, 0.15) is 28.0 Å². The van der Waals surface area contributed by atoms with Gasteiger partial charge in [-0.05, 0) is 32.9 Å². The van der Waals surface area contributed by atoms with Crippen molar-refractivity contribution >= 4 is 17.6 Å². The van der Waals surface area contributed by atoms with Crippen molar-refractivity contribution in [3.63, 3.8) is 0 Å². The molecule has 82 valence electrons. The van der Waals surface area contributed by atoms with Gasteiger partial charge in [-0.3, -0.25) is 4.98 Å². The Balaban J connectivity index is 2.79. The number of nitrogens with zero attached hydrogens (tertiary/aromatic N) is 2. The molecule has 3 nitrogen and oxygen atoms in total. The Labute approximate surface area is 91.8 Å². The second-order valence-corrected chi connectivity index (χ2v) is 5.90. The lowest BCUT2D eigenvalue weighted by Crippen LogP contribution is -2.25. The Morgan fingerprint density at radius 2 is 2.20 bits per heavy atom. The van der Waals surface area contributed by atoms with E-state index in [2.05, 4.69) is 9.38 Å². The maximum absolute atomic E-state index is 13.1. The molecule has 0 radical (unpaired) electrons. The van der Waals surface area contributed by atoms with Gasteiger partial charge in [0, 0.05) is 6.20 Å². The van der Waals surface area contributed by atoms with Crippen molar-refractivity contribution in [3.8, 4) is 0 Å². The zero-order valence-corrected chi connectivity index (χ0v) is 9.71. The number of halogens is 1. The van der Waals surface area contributed by atoms with E-state index < -0.39 is 21.9 Å². The van der Waals surface area contributed by atoms with E-state index in [0.717, 1.165) is 0 Å². The third-order valence-corrected chi connectivity index (χ3v) is 2.93. The highest BCUT2D eigenvalue weighted by Gasteiger charge is 2.25.